The lowest BCUT2D eigenvalue weighted by Crippen LogP contribution is -2.03. The summed E-state index contributed by atoms with van der Waals surface area (Å²) in [5.74, 6) is -0.903. The number of alkyl halides is 2. The molecule has 1 N–H and O–H groups in total. The second kappa shape index (κ2) is 4.14. The second-order valence-corrected chi connectivity index (χ2v) is 2.40. The minimum absolute atomic E-state index is 0.337. The Hall–Kier alpha value is -1.50. The Labute approximate surface area is 77.9 Å². The maximum atomic E-state index is 12.3. The van der Waals surface area contributed by atoms with Gasteiger partial charge in [0.15, 0.2) is 0 Å². The van der Waals surface area contributed by atoms with Gasteiger partial charge < -0.3 is 9.84 Å². The smallest absolute Gasteiger partial charge is 0.341 e. The second-order valence-electron chi connectivity index (χ2n) is 2.40. The summed E-state index contributed by atoms with van der Waals surface area (Å²) in [5, 5.41) is 11.9. The Kier molecular flexibility index (Phi) is 3.13. The van der Waals surface area contributed by atoms with Crippen LogP contribution in [0.25, 0.3) is 0 Å². The zero-order valence-electron chi connectivity index (χ0n) is 7.28. The molecule has 5 nitrogen and oxygen atoms in total. The highest BCUT2D eigenvalue weighted by Crippen LogP contribution is 2.21. The molecule has 0 aliphatic heterocycles. The first-order valence-corrected chi connectivity index (χ1v) is 3.64. The number of aromatic nitrogens is 2. The summed E-state index contributed by atoms with van der Waals surface area (Å²) in [6.07, 6.45) is -1.87. The molecule has 14 heavy (non-hydrogen) atoms. The van der Waals surface area contributed by atoms with E-state index in [1.807, 2.05) is 0 Å². The molecule has 0 fully saturated rings. The Morgan fingerprint density at radius 2 is 2.43 bits per heavy atom. The summed E-state index contributed by atoms with van der Waals surface area (Å²) in [6.45, 7) is -0.573. The number of aliphatic hydroxyl groups is 1. The monoisotopic (exact) mass is 206 g/mol. The lowest BCUT2D eigenvalue weighted by atomic mass is 10.2. The largest absolute Gasteiger partial charge is 0.465 e. The van der Waals surface area contributed by atoms with Crippen molar-refractivity contribution >= 4 is 5.97 Å². The van der Waals surface area contributed by atoms with Gasteiger partial charge in [-0.25, -0.2) is 18.3 Å². The molecule has 0 bridgehead atoms. The molecule has 1 aromatic rings. The van der Waals surface area contributed by atoms with Gasteiger partial charge in [-0.15, -0.1) is 0 Å². The lowest BCUT2D eigenvalue weighted by molar-refractivity contribution is 0.0589. The van der Waals surface area contributed by atoms with E-state index >= 15 is 0 Å². The summed E-state index contributed by atoms with van der Waals surface area (Å²) >= 11 is 0. The number of carbonyl (C=O) groups is 1. The van der Waals surface area contributed by atoms with Gasteiger partial charge >= 0.3 is 5.97 Å². The molecule has 0 unspecified atom stereocenters. The molecular weight excluding hydrogens is 198 g/mol. The van der Waals surface area contributed by atoms with E-state index in [0.29, 0.717) is 0 Å². The molecule has 0 aliphatic rings. The van der Waals surface area contributed by atoms with Crippen LogP contribution < -0.4 is 0 Å². The number of halogens is 2. The van der Waals surface area contributed by atoms with Gasteiger partial charge in [0.25, 0.3) is 6.43 Å². The highest BCUT2D eigenvalue weighted by atomic mass is 19.3. The van der Waals surface area contributed by atoms with Crippen LogP contribution >= 0.6 is 0 Å². The van der Waals surface area contributed by atoms with E-state index in [1.165, 1.54) is 0 Å². The van der Waals surface area contributed by atoms with Crippen molar-refractivity contribution in [2.45, 2.75) is 13.2 Å². The average Bonchev–Trinajstić information content (AvgIpc) is 2.60. The van der Waals surface area contributed by atoms with Crippen LogP contribution in [-0.2, 0) is 11.5 Å². The molecule has 0 saturated carbocycles. The number of nitrogens with zero attached hydrogens (tertiary/aromatic N) is 2. The van der Waals surface area contributed by atoms with Gasteiger partial charge in [0, 0.05) is 6.20 Å². The normalized spacial score (nSPS) is 10.6. The van der Waals surface area contributed by atoms with Gasteiger partial charge in [0.1, 0.15) is 18.0 Å². The highest BCUT2D eigenvalue weighted by Gasteiger charge is 2.23. The lowest BCUT2D eigenvalue weighted by Gasteiger charge is -1.97. The molecule has 78 valence electrons. The van der Waals surface area contributed by atoms with Crippen LogP contribution in [0.5, 0.6) is 0 Å². The Morgan fingerprint density at radius 1 is 1.79 bits per heavy atom. The third-order valence-corrected chi connectivity index (χ3v) is 1.55. The van der Waals surface area contributed by atoms with Crippen LogP contribution in [0.1, 0.15) is 22.5 Å². The van der Waals surface area contributed by atoms with Crippen LogP contribution in [0.2, 0.25) is 0 Å². The van der Waals surface area contributed by atoms with Crippen molar-refractivity contribution in [3.8, 4) is 0 Å². The van der Waals surface area contributed by atoms with Crippen molar-refractivity contribution in [3.63, 3.8) is 0 Å². The van der Waals surface area contributed by atoms with Crippen LogP contribution in [0.4, 0.5) is 8.78 Å². The number of hydrogen-bond donors (Lipinski definition) is 1. The van der Waals surface area contributed by atoms with Gasteiger partial charge in [0.2, 0.25) is 0 Å². The molecule has 1 aromatic heterocycles. The third kappa shape index (κ3) is 1.87. The maximum Gasteiger partial charge on any atom is 0.341 e. The molecule has 1 rings (SSSR count). The predicted molar refractivity (Wildman–Crippen MR) is 40.7 cm³/mol. The summed E-state index contributed by atoms with van der Waals surface area (Å²) in [7, 11) is 1.08. The minimum atomic E-state index is -2.88. The number of carbonyl (C=O) groups excluding carboxylic acids is 1. The van der Waals surface area contributed by atoms with Crippen LogP contribution in [0, 0.1) is 0 Å². The van der Waals surface area contributed by atoms with Gasteiger partial charge in [-0.3, -0.25) is 0 Å². The van der Waals surface area contributed by atoms with Crippen LogP contribution in [0.15, 0.2) is 6.20 Å². The van der Waals surface area contributed by atoms with Crippen molar-refractivity contribution < 1.29 is 23.4 Å². The molecule has 7 heteroatoms. The van der Waals surface area contributed by atoms with Gasteiger partial charge in [0.05, 0.1) is 7.11 Å². The van der Waals surface area contributed by atoms with Gasteiger partial charge in [-0.2, -0.15) is 5.10 Å². The summed E-state index contributed by atoms with van der Waals surface area (Å²) in [6, 6.07) is 0. The summed E-state index contributed by atoms with van der Waals surface area (Å²) in [5.41, 5.74) is -1.03. The molecule has 0 amide bonds. The van der Waals surface area contributed by atoms with Crippen LogP contribution in [0.3, 0.4) is 0 Å². The van der Waals surface area contributed by atoms with Crippen molar-refractivity contribution in [2.24, 2.45) is 0 Å². The fourth-order valence-corrected chi connectivity index (χ4v) is 0.937. The van der Waals surface area contributed by atoms with Gasteiger partial charge in [-0.1, -0.05) is 0 Å². The van der Waals surface area contributed by atoms with Crippen molar-refractivity contribution in [1.82, 2.24) is 9.78 Å². The fourth-order valence-electron chi connectivity index (χ4n) is 0.937. The zero-order valence-corrected chi connectivity index (χ0v) is 7.28. The first-order chi connectivity index (χ1) is 6.60. The Balaban J connectivity index is 3.12. The summed E-state index contributed by atoms with van der Waals surface area (Å²) < 4.78 is 29.7. The predicted octanol–water partition coefficient (Wildman–Crippen LogP) is 0.557. The van der Waals surface area contributed by atoms with Crippen molar-refractivity contribution in [2.75, 3.05) is 7.11 Å². The molecule has 0 atom stereocenters. The number of ether oxygens (including phenoxy) is 1. The standard InChI is InChI=1S/C7H8F2N2O3/c1-14-7(13)4-2-11(3-12)10-5(4)6(8)9/h2,6,12H,3H2,1H3. The zero-order chi connectivity index (χ0) is 10.7. The van der Waals surface area contributed by atoms with Gasteiger partial charge in [-0.05, 0) is 0 Å². The maximum absolute atomic E-state index is 12.3. The molecule has 0 radical (unpaired) electrons. The van der Waals surface area contributed by atoms with E-state index in [1.54, 1.807) is 0 Å². The van der Waals surface area contributed by atoms with E-state index < -0.39 is 24.8 Å². The quantitative estimate of drug-likeness (QED) is 0.734. The minimum Gasteiger partial charge on any atom is -0.465 e. The van der Waals surface area contributed by atoms with Crippen molar-refractivity contribution in [1.29, 1.82) is 0 Å². The number of methoxy groups -OCH3 is 1. The van der Waals surface area contributed by atoms with E-state index in [0.717, 1.165) is 18.0 Å². The average molecular weight is 206 g/mol. The number of hydrogen-bond acceptors (Lipinski definition) is 4. The van der Waals surface area contributed by atoms with Crippen LogP contribution in [-0.4, -0.2) is 28.0 Å². The number of rotatable bonds is 3. The molecule has 1 heterocycles. The molecule has 0 saturated heterocycles. The van der Waals surface area contributed by atoms with E-state index in [9.17, 15) is 13.6 Å². The summed E-state index contributed by atoms with van der Waals surface area (Å²) in [4.78, 5) is 11.0. The third-order valence-electron chi connectivity index (χ3n) is 1.55. The number of aliphatic hydroxyl groups excluding tert-OH is 1. The van der Waals surface area contributed by atoms with E-state index in [2.05, 4.69) is 9.84 Å². The molecule has 0 spiro atoms. The van der Waals surface area contributed by atoms with E-state index in [-0.39, 0.29) is 5.56 Å². The SMILES string of the molecule is COC(=O)c1cn(CO)nc1C(F)F. The Morgan fingerprint density at radius 3 is 2.86 bits per heavy atom. The molecular formula is C7H8F2N2O3. The topological polar surface area (TPSA) is 64.3 Å². The first-order valence-electron chi connectivity index (χ1n) is 3.64. The first kappa shape index (κ1) is 10.6. The molecule has 0 aliphatic carbocycles. The van der Waals surface area contributed by atoms with E-state index in [4.69, 9.17) is 5.11 Å². The number of esters is 1. The Bertz CT molecular complexity index is 338. The molecule has 0 aromatic carbocycles. The highest BCUT2D eigenvalue weighted by molar-refractivity contribution is 5.90. The fraction of sp³-hybridized carbons (Fsp3) is 0.429. The van der Waals surface area contributed by atoms with Crippen molar-refractivity contribution in [3.05, 3.63) is 17.5 Å².